The van der Waals surface area contributed by atoms with Crippen LogP contribution in [0.2, 0.25) is 0 Å². The summed E-state index contributed by atoms with van der Waals surface area (Å²) < 4.78 is 19.4. The third kappa shape index (κ3) is 2.16. The van der Waals surface area contributed by atoms with Crippen LogP contribution < -0.4 is 5.73 Å². The molecule has 0 saturated carbocycles. The molecule has 4 heterocycles. The van der Waals surface area contributed by atoms with Crippen LogP contribution >= 0.6 is 0 Å². The SMILES string of the molecule is C#Cc1nc(N)c2ncn([C@@H]3O[C@H](CO)[C@H]4OC(C)(C)O[C@H]43)c2n1. The fourth-order valence-electron chi connectivity index (χ4n) is 3.22. The first-order valence-electron chi connectivity index (χ1n) is 7.52. The minimum absolute atomic E-state index is 0.166. The number of aliphatic hydroxyl groups excluding tert-OH is 1. The zero-order valence-electron chi connectivity index (χ0n) is 13.2. The first kappa shape index (κ1) is 15.3. The molecule has 2 aliphatic rings. The molecule has 9 nitrogen and oxygen atoms in total. The number of ether oxygens (including phenoxy) is 3. The average Bonchev–Trinajstić information content (AvgIpc) is 3.17. The molecule has 0 aliphatic carbocycles. The molecule has 9 heteroatoms. The normalized spacial score (nSPS) is 31.2. The fourth-order valence-corrected chi connectivity index (χ4v) is 3.22. The van der Waals surface area contributed by atoms with Crippen molar-refractivity contribution in [3.63, 3.8) is 0 Å². The van der Waals surface area contributed by atoms with Crippen LogP contribution in [0.15, 0.2) is 6.33 Å². The van der Waals surface area contributed by atoms with Crippen LogP contribution in [0.25, 0.3) is 11.2 Å². The van der Waals surface area contributed by atoms with E-state index in [2.05, 4.69) is 20.9 Å². The van der Waals surface area contributed by atoms with Crippen molar-refractivity contribution in [2.24, 2.45) is 0 Å². The van der Waals surface area contributed by atoms with Crippen LogP contribution in [0.5, 0.6) is 0 Å². The number of aromatic nitrogens is 4. The smallest absolute Gasteiger partial charge is 0.208 e. The molecule has 24 heavy (non-hydrogen) atoms. The van der Waals surface area contributed by atoms with Gasteiger partial charge in [-0.25, -0.2) is 15.0 Å². The van der Waals surface area contributed by atoms with E-state index in [0.717, 1.165) is 0 Å². The summed E-state index contributed by atoms with van der Waals surface area (Å²) in [6.07, 6.45) is 5.04. The molecule has 3 N–H and O–H groups in total. The molecule has 0 amide bonds. The zero-order valence-corrected chi connectivity index (χ0v) is 13.2. The number of nitrogens with zero attached hydrogens (tertiary/aromatic N) is 4. The maximum Gasteiger partial charge on any atom is 0.208 e. The Balaban J connectivity index is 1.80. The zero-order chi connectivity index (χ0) is 17.1. The molecule has 0 radical (unpaired) electrons. The van der Waals surface area contributed by atoms with Gasteiger partial charge in [-0.1, -0.05) is 0 Å². The van der Waals surface area contributed by atoms with E-state index in [9.17, 15) is 5.11 Å². The van der Waals surface area contributed by atoms with E-state index >= 15 is 0 Å². The Morgan fingerprint density at radius 2 is 2.12 bits per heavy atom. The van der Waals surface area contributed by atoms with Crippen molar-refractivity contribution in [3.8, 4) is 12.3 Å². The van der Waals surface area contributed by atoms with Crippen molar-refractivity contribution in [2.45, 2.75) is 44.2 Å². The summed E-state index contributed by atoms with van der Waals surface area (Å²) in [6.45, 7) is 3.45. The molecule has 2 saturated heterocycles. The van der Waals surface area contributed by atoms with E-state index in [0.29, 0.717) is 11.2 Å². The Kier molecular flexibility index (Phi) is 3.26. The molecule has 2 aromatic heterocycles. The van der Waals surface area contributed by atoms with Gasteiger partial charge in [0.15, 0.2) is 23.5 Å². The Bertz CT molecular complexity index is 842. The number of rotatable bonds is 2. The minimum Gasteiger partial charge on any atom is -0.394 e. The fraction of sp³-hybridized carbons (Fsp3) is 0.533. The second-order valence-corrected chi connectivity index (χ2v) is 6.21. The van der Waals surface area contributed by atoms with E-state index < -0.39 is 30.3 Å². The van der Waals surface area contributed by atoms with Crippen LogP contribution in [0.4, 0.5) is 5.82 Å². The summed E-state index contributed by atoms with van der Waals surface area (Å²) in [5, 5.41) is 9.58. The van der Waals surface area contributed by atoms with Gasteiger partial charge in [0.2, 0.25) is 5.82 Å². The number of hydrogen-bond donors (Lipinski definition) is 2. The van der Waals surface area contributed by atoms with Gasteiger partial charge in [0, 0.05) is 0 Å². The van der Waals surface area contributed by atoms with Crippen LogP contribution in [-0.4, -0.2) is 55.3 Å². The van der Waals surface area contributed by atoms with E-state index in [4.69, 9.17) is 26.4 Å². The average molecular weight is 331 g/mol. The molecule has 126 valence electrons. The third-order valence-corrected chi connectivity index (χ3v) is 4.16. The van der Waals surface area contributed by atoms with E-state index in [-0.39, 0.29) is 18.2 Å². The summed E-state index contributed by atoms with van der Waals surface area (Å²) in [4.78, 5) is 12.5. The molecular weight excluding hydrogens is 314 g/mol. The Labute approximate surface area is 137 Å². The molecule has 0 bridgehead atoms. The number of nitrogens with two attached hydrogens (primary N) is 1. The van der Waals surface area contributed by atoms with Crippen LogP contribution in [0.3, 0.4) is 0 Å². The maximum atomic E-state index is 9.58. The molecule has 0 unspecified atom stereocenters. The quantitative estimate of drug-likeness (QED) is 0.727. The molecule has 2 aliphatic heterocycles. The standard InChI is InChI=1S/C15H17N5O4/c1-4-8-18-12(16)9-13(19-8)20(6-17-9)14-11-10(7(5-21)22-14)23-15(2,3)24-11/h1,6-7,10-11,14,21H,5H2,2-3H3,(H2,16,18,19)/t7-,10-,11-,14-/m1/s1. The van der Waals surface area contributed by atoms with E-state index in [1.54, 1.807) is 10.9 Å². The van der Waals surface area contributed by atoms with E-state index in [1.807, 2.05) is 13.8 Å². The summed E-state index contributed by atoms with van der Waals surface area (Å²) in [5.74, 6) is 1.97. The topological polar surface area (TPSA) is 118 Å². The molecule has 4 atom stereocenters. The number of aliphatic hydroxyl groups is 1. The molecular formula is C15H17N5O4. The van der Waals surface area contributed by atoms with Crippen LogP contribution in [0.1, 0.15) is 25.9 Å². The lowest BCUT2D eigenvalue weighted by Crippen LogP contribution is -2.31. The van der Waals surface area contributed by atoms with Gasteiger partial charge >= 0.3 is 0 Å². The van der Waals surface area contributed by atoms with Crippen molar-refractivity contribution in [1.29, 1.82) is 0 Å². The van der Waals surface area contributed by atoms with Crippen LogP contribution in [-0.2, 0) is 14.2 Å². The summed E-state index contributed by atoms with van der Waals surface area (Å²) >= 11 is 0. The number of imidazole rings is 1. The highest BCUT2D eigenvalue weighted by Crippen LogP contribution is 2.43. The van der Waals surface area contributed by atoms with Gasteiger partial charge in [-0.05, 0) is 19.8 Å². The van der Waals surface area contributed by atoms with Gasteiger partial charge < -0.3 is 25.1 Å². The molecule has 0 spiro atoms. The van der Waals surface area contributed by atoms with Gasteiger partial charge in [0.1, 0.15) is 23.8 Å². The first-order chi connectivity index (χ1) is 11.4. The molecule has 4 rings (SSSR count). The summed E-state index contributed by atoms with van der Waals surface area (Å²) in [7, 11) is 0. The van der Waals surface area contributed by atoms with Gasteiger partial charge in [-0.3, -0.25) is 4.57 Å². The van der Waals surface area contributed by atoms with Crippen molar-refractivity contribution in [2.75, 3.05) is 12.3 Å². The first-order valence-corrected chi connectivity index (χ1v) is 7.52. The number of anilines is 1. The maximum absolute atomic E-state index is 9.58. The highest BCUT2D eigenvalue weighted by Gasteiger charge is 2.55. The monoisotopic (exact) mass is 331 g/mol. The van der Waals surface area contributed by atoms with Gasteiger partial charge in [0.25, 0.3) is 0 Å². The number of nitrogen functional groups attached to an aromatic ring is 1. The Hall–Kier alpha value is -2.25. The number of fused-ring (bicyclic) bond motifs is 2. The lowest BCUT2D eigenvalue weighted by Gasteiger charge is -2.24. The Morgan fingerprint density at radius 3 is 2.83 bits per heavy atom. The van der Waals surface area contributed by atoms with Gasteiger partial charge in [-0.2, -0.15) is 0 Å². The van der Waals surface area contributed by atoms with Crippen molar-refractivity contribution in [1.82, 2.24) is 19.5 Å². The third-order valence-electron chi connectivity index (χ3n) is 4.16. The second-order valence-electron chi connectivity index (χ2n) is 6.21. The van der Waals surface area contributed by atoms with Gasteiger partial charge in [-0.15, -0.1) is 6.42 Å². The number of terminal acetylenes is 1. The summed E-state index contributed by atoms with van der Waals surface area (Å²) in [5.41, 5.74) is 6.77. The van der Waals surface area contributed by atoms with E-state index in [1.165, 1.54) is 0 Å². The molecule has 0 aromatic carbocycles. The predicted molar refractivity (Wildman–Crippen MR) is 82.5 cm³/mol. The number of hydrogen-bond acceptors (Lipinski definition) is 8. The predicted octanol–water partition coefficient (Wildman–Crippen LogP) is -0.200. The summed E-state index contributed by atoms with van der Waals surface area (Å²) in [6, 6.07) is 0. The van der Waals surface area contributed by atoms with Gasteiger partial charge in [0.05, 0.1) is 12.9 Å². The second kappa shape index (κ2) is 5.12. The molecule has 2 fully saturated rings. The lowest BCUT2D eigenvalue weighted by atomic mass is 10.1. The highest BCUT2D eigenvalue weighted by molar-refractivity contribution is 5.82. The van der Waals surface area contributed by atoms with Crippen LogP contribution in [0, 0.1) is 12.3 Å². The largest absolute Gasteiger partial charge is 0.394 e. The van der Waals surface area contributed by atoms with Crippen molar-refractivity contribution in [3.05, 3.63) is 12.2 Å². The minimum atomic E-state index is -0.765. The lowest BCUT2D eigenvalue weighted by molar-refractivity contribution is -0.199. The Morgan fingerprint density at radius 1 is 1.38 bits per heavy atom. The molecule has 2 aromatic rings. The highest BCUT2D eigenvalue weighted by atomic mass is 16.8. The van der Waals surface area contributed by atoms with Crippen molar-refractivity contribution < 1.29 is 19.3 Å². The van der Waals surface area contributed by atoms with Crippen molar-refractivity contribution >= 4 is 17.0 Å².